The number of carbonyl (C=O) groups excluding carboxylic acids is 1. The third kappa shape index (κ3) is 4.40. The molecule has 2 saturated heterocycles. The molecule has 4 heterocycles. The number of amidine groups is 1. The molecular weight excluding hydrogens is 434 g/mol. The van der Waals surface area contributed by atoms with Crippen LogP contribution in [0, 0.1) is 0 Å². The first-order valence-electron chi connectivity index (χ1n) is 10.2. The van der Waals surface area contributed by atoms with Crippen molar-refractivity contribution in [1.82, 2.24) is 9.88 Å². The lowest BCUT2D eigenvalue weighted by molar-refractivity contribution is 0.0746. The smallest absolute Gasteiger partial charge is 0.253 e. The summed E-state index contributed by atoms with van der Waals surface area (Å²) >= 11 is 1.48. The van der Waals surface area contributed by atoms with Crippen molar-refractivity contribution in [2.75, 3.05) is 47.9 Å². The number of aromatic nitrogens is 1. The van der Waals surface area contributed by atoms with Crippen LogP contribution in [0.2, 0.25) is 0 Å². The van der Waals surface area contributed by atoms with E-state index < -0.39 is 9.84 Å². The number of anilines is 2. The highest BCUT2D eigenvalue weighted by molar-refractivity contribution is 8.15. The van der Waals surface area contributed by atoms with Crippen LogP contribution in [-0.4, -0.2) is 78.4 Å². The average molecular weight is 458 g/mol. The van der Waals surface area contributed by atoms with Gasteiger partial charge in [0.15, 0.2) is 15.0 Å². The minimum atomic E-state index is -2.95. The molecule has 0 unspecified atom stereocenters. The highest BCUT2D eigenvalue weighted by atomic mass is 32.2. The van der Waals surface area contributed by atoms with Crippen LogP contribution in [0.4, 0.5) is 11.5 Å². The Kier molecular flexibility index (Phi) is 5.35. The van der Waals surface area contributed by atoms with Crippen LogP contribution in [0.15, 0.2) is 53.7 Å². The van der Waals surface area contributed by atoms with Gasteiger partial charge in [-0.3, -0.25) is 9.79 Å². The van der Waals surface area contributed by atoms with E-state index in [0.29, 0.717) is 18.7 Å². The molecular formula is C21H23N5O3S2. The maximum atomic E-state index is 12.9. The number of benzene rings is 1. The van der Waals surface area contributed by atoms with Crippen LogP contribution in [-0.2, 0) is 9.84 Å². The van der Waals surface area contributed by atoms with Crippen molar-refractivity contribution in [3.8, 4) is 0 Å². The zero-order valence-electron chi connectivity index (χ0n) is 16.8. The van der Waals surface area contributed by atoms with Gasteiger partial charge in [0.25, 0.3) is 5.91 Å². The second-order valence-corrected chi connectivity index (χ2v) is 11.3. The Labute approximate surface area is 185 Å². The lowest BCUT2D eigenvalue weighted by Crippen LogP contribution is -2.49. The van der Waals surface area contributed by atoms with E-state index in [4.69, 9.17) is 0 Å². The number of hydrogen-bond acceptors (Lipinski definition) is 8. The van der Waals surface area contributed by atoms with Crippen LogP contribution in [0.3, 0.4) is 0 Å². The van der Waals surface area contributed by atoms with Gasteiger partial charge in [-0.25, -0.2) is 13.4 Å². The van der Waals surface area contributed by atoms with Crippen molar-refractivity contribution in [1.29, 1.82) is 0 Å². The van der Waals surface area contributed by atoms with Crippen molar-refractivity contribution in [3.05, 3.63) is 54.2 Å². The number of hydrogen-bond donors (Lipinski definition) is 1. The number of amides is 1. The van der Waals surface area contributed by atoms with E-state index >= 15 is 0 Å². The van der Waals surface area contributed by atoms with Crippen LogP contribution < -0.4 is 10.2 Å². The van der Waals surface area contributed by atoms with Gasteiger partial charge in [0.05, 0.1) is 17.5 Å². The summed E-state index contributed by atoms with van der Waals surface area (Å²) < 4.78 is 23.4. The van der Waals surface area contributed by atoms with E-state index in [1.165, 1.54) is 11.8 Å². The highest BCUT2D eigenvalue weighted by Crippen LogP contribution is 2.34. The fourth-order valence-corrected chi connectivity index (χ4v) is 7.77. The molecule has 1 amide bonds. The molecule has 0 radical (unpaired) electrons. The van der Waals surface area contributed by atoms with Crippen LogP contribution in [0.1, 0.15) is 10.4 Å². The first-order chi connectivity index (χ1) is 15.0. The first kappa shape index (κ1) is 20.3. The van der Waals surface area contributed by atoms with Crippen molar-refractivity contribution in [3.63, 3.8) is 0 Å². The maximum Gasteiger partial charge on any atom is 0.253 e. The van der Waals surface area contributed by atoms with Crippen LogP contribution >= 0.6 is 11.8 Å². The molecule has 31 heavy (non-hydrogen) atoms. The average Bonchev–Trinajstić information content (AvgIpc) is 3.27. The molecule has 3 aliphatic rings. The van der Waals surface area contributed by atoms with Gasteiger partial charge in [-0.1, -0.05) is 17.8 Å². The number of nitrogens with one attached hydrogen (secondary N) is 1. The Hall–Kier alpha value is -2.59. The Balaban J connectivity index is 1.17. The van der Waals surface area contributed by atoms with Crippen molar-refractivity contribution >= 4 is 44.2 Å². The van der Waals surface area contributed by atoms with Gasteiger partial charge in [-0.15, -0.1) is 0 Å². The Morgan fingerprint density at radius 2 is 1.81 bits per heavy atom. The van der Waals surface area contributed by atoms with E-state index in [0.717, 1.165) is 29.8 Å². The number of fused-ring (bicyclic) bond motifs is 1. The van der Waals surface area contributed by atoms with Crippen molar-refractivity contribution in [2.24, 2.45) is 4.99 Å². The van der Waals surface area contributed by atoms with Gasteiger partial charge >= 0.3 is 0 Å². The molecule has 1 N–H and O–H groups in total. The number of aliphatic imine (C=N–C) groups is 1. The first-order valence-corrected chi connectivity index (χ1v) is 12.9. The third-order valence-corrected chi connectivity index (χ3v) is 8.88. The summed E-state index contributed by atoms with van der Waals surface area (Å²) in [4.78, 5) is 25.8. The van der Waals surface area contributed by atoms with E-state index in [2.05, 4.69) is 20.2 Å². The summed E-state index contributed by atoms with van der Waals surface area (Å²) in [6, 6.07) is 13.1. The van der Waals surface area contributed by atoms with E-state index in [-0.39, 0.29) is 28.7 Å². The SMILES string of the molecule is O=C(c1ccc(NC2=N[C@H]3CS(=O)(=O)C[C@@H]3S2)cc1)N1CCN(c2ccccn2)CC1. The minimum Gasteiger partial charge on any atom is -0.353 e. The molecule has 3 aliphatic heterocycles. The number of thioether (sulfide) groups is 1. The number of pyridine rings is 1. The molecule has 0 aliphatic carbocycles. The normalized spacial score (nSPS) is 24.6. The topological polar surface area (TPSA) is 95.0 Å². The van der Waals surface area contributed by atoms with Crippen LogP contribution in [0.25, 0.3) is 0 Å². The van der Waals surface area contributed by atoms with Gasteiger partial charge in [0.2, 0.25) is 0 Å². The summed E-state index contributed by atoms with van der Waals surface area (Å²) in [5.41, 5.74) is 1.49. The molecule has 162 valence electrons. The van der Waals surface area contributed by atoms with Crippen molar-refractivity contribution in [2.45, 2.75) is 11.3 Å². The fraction of sp³-hybridized carbons (Fsp3) is 0.381. The van der Waals surface area contributed by atoms with E-state index in [1.807, 2.05) is 47.4 Å². The highest BCUT2D eigenvalue weighted by Gasteiger charge is 2.42. The Morgan fingerprint density at radius 3 is 2.48 bits per heavy atom. The molecule has 5 rings (SSSR count). The maximum absolute atomic E-state index is 12.9. The molecule has 8 nitrogen and oxygen atoms in total. The predicted molar refractivity (Wildman–Crippen MR) is 124 cm³/mol. The molecule has 2 aromatic rings. The second-order valence-electron chi connectivity index (χ2n) is 7.90. The van der Waals surface area contributed by atoms with Crippen LogP contribution in [0.5, 0.6) is 0 Å². The quantitative estimate of drug-likeness (QED) is 0.750. The standard InChI is InChI=1S/C21H23N5O3S2/c27-20(26-11-9-25(10-12-26)19-3-1-2-8-22-19)15-4-6-16(7-5-15)23-21-24-17-13-31(28,29)14-18(17)30-21/h1-8,17-18H,9-14H2,(H,23,24)/t17-,18-/m0/s1. The number of nitrogens with zero attached hydrogens (tertiary/aromatic N) is 4. The molecule has 1 aromatic carbocycles. The van der Waals surface area contributed by atoms with Gasteiger partial charge < -0.3 is 15.1 Å². The van der Waals surface area contributed by atoms with E-state index in [1.54, 1.807) is 6.20 Å². The number of carbonyl (C=O) groups is 1. The van der Waals surface area contributed by atoms with Gasteiger partial charge in [0.1, 0.15) is 5.82 Å². The molecule has 2 fully saturated rings. The predicted octanol–water partition coefficient (Wildman–Crippen LogP) is 1.72. The second kappa shape index (κ2) is 8.16. The zero-order valence-corrected chi connectivity index (χ0v) is 18.5. The van der Waals surface area contributed by atoms with Crippen molar-refractivity contribution < 1.29 is 13.2 Å². The summed E-state index contributed by atoms with van der Waals surface area (Å²) in [6.45, 7) is 2.85. The Bertz CT molecular complexity index is 1100. The summed E-state index contributed by atoms with van der Waals surface area (Å²) in [7, 11) is -2.95. The molecule has 0 saturated carbocycles. The lowest BCUT2D eigenvalue weighted by Gasteiger charge is -2.35. The third-order valence-electron chi connectivity index (χ3n) is 5.74. The molecule has 0 spiro atoms. The van der Waals surface area contributed by atoms with E-state index in [9.17, 15) is 13.2 Å². The molecule has 10 heteroatoms. The monoisotopic (exact) mass is 457 g/mol. The summed E-state index contributed by atoms with van der Waals surface area (Å²) in [5, 5.41) is 4.00. The van der Waals surface area contributed by atoms with Gasteiger partial charge in [-0.05, 0) is 36.4 Å². The number of sulfone groups is 1. The largest absolute Gasteiger partial charge is 0.353 e. The molecule has 1 aromatic heterocycles. The van der Waals surface area contributed by atoms with Gasteiger partial charge in [-0.2, -0.15) is 0 Å². The summed E-state index contributed by atoms with van der Waals surface area (Å²) in [5.74, 6) is 1.30. The zero-order chi connectivity index (χ0) is 21.4. The number of rotatable bonds is 3. The lowest BCUT2D eigenvalue weighted by atomic mass is 10.1. The molecule has 2 atom stereocenters. The van der Waals surface area contributed by atoms with Gasteiger partial charge in [0, 0.05) is 48.9 Å². The minimum absolute atomic E-state index is 0.0121. The molecule has 0 bridgehead atoms. The fourth-order valence-electron chi connectivity index (χ4n) is 4.10. The number of piperazine rings is 1. The summed E-state index contributed by atoms with van der Waals surface area (Å²) in [6.07, 6.45) is 1.78. The Morgan fingerprint density at radius 1 is 1.03 bits per heavy atom.